The predicted molar refractivity (Wildman–Crippen MR) is 98.2 cm³/mol. The van der Waals surface area contributed by atoms with Crippen LogP contribution < -0.4 is 14.8 Å². The summed E-state index contributed by atoms with van der Waals surface area (Å²) in [7, 11) is 7.66. The maximum atomic E-state index is 6.07. The number of rotatable bonds is 6. The van der Waals surface area contributed by atoms with Crippen LogP contribution >= 0.6 is 0 Å². The molecule has 0 bridgehead atoms. The Bertz CT molecular complexity index is 676. The van der Waals surface area contributed by atoms with E-state index in [9.17, 15) is 0 Å². The lowest BCUT2D eigenvalue weighted by atomic mass is 10.1. The van der Waals surface area contributed by atoms with E-state index in [4.69, 9.17) is 17.5 Å². The Labute approximate surface area is 145 Å². The Morgan fingerprint density at radius 3 is 2.58 bits per heavy atom. The van der Waals surface area contributed by atoms with E-state index >= 15 is 0 Å². The van der Waals surface area contributed by atoms with Gasteiger partial charge in [0, 0.05) is 12.6 Å². The summed E-state index contributed by atoms with van der Waals surface area (Å²) in [6.45, 7) is 3.84. The number of hydrogen-bond acceptors (Lipinski definition) is 4. The van der Waals surface area contributed by atoms with Crippen molar-refractivity contribution in [2.45, 2.75) is 25.8 Å². The largest absolute Gasteiger partial charge is 0.497 e. The number of aryl methyl sites for hydroxylation is 1. The van der Waals surface area contributed by atoms with Crippen molar-refractivity contribution in [3.63, 3.8) is 0 Å². The van der Waals surface area contributed by atoms with Crippen molar-refractivity contribution in [3.8, 4) is 17.2 Å². The fourth-order valence-corrected chi connectivity index (χ4v) is 2.94. The monoisotopic (exact) mass is 322 g/mol. The quantitative estimate of drug-likeness (QED) is 0.821. The summed E-state index contributed by atoms with van der Waals surface area (Å²) in [6.07, 6.45) is 2.29. The minimum Gasteiger partial charge on any atom is -0.497 e. The van der Waals surface area contributed by atoms with Crippen LogP contribution in [0.4, 0.5) is 5.69 Å². The van der Waals surface area contributed by atoms with Crippen molar-refractivity contribution >= 4 is 13.7 Å². The van der Waals surface area contributed by atoms with E-state index in [0.717, 1.165) is 54.4 Å². The van der Waals surface area contributed by atoms with Crippen molar-refractivity contribution in [1.82, 2.24) is 4.81 Å². The zero-order valence-electron chi connectivity index (χ0n) is 14.3. The predicted octanol–water partition coefficient (Wildman–Crippen LogP) is 3.76. The third kappa shape index (κ3) is 4.03. The van der Waals surface area contributed by atoms with Crippen molar-refractivity contribution in [1.29, 1.82) is 0 Å². The average Bonchev–Trinajstić information content (AvgIpc) is 3.00. The van der Waals surface area contributed by atoms with Gasteiger partial charge in [0.2, 0.25) is 0 Å². The second-order valence-electron chi connectivity index (χ2n) is 6.19. The molecule has 1 aliphatic heterocycles. The van der Waals surface area contributed by atoms with Gasteiger partial charge < -0.3 is 19.6 Å². The smallest absolute Gasteiger partial charge is 0.182 e. The van der Waals surface area contributed by atoms with Gasteiger partial charge in [0.1, 0.15) is 11.5 Å². The van der Waals surface area contributed by atoms with Crippen LogP contribution in [0.15, 0.2) is 42.5 Å². The highest BCUT2D eigenvalue weighted by Crippen LogP contribution is 2.31. The fraction of sp³-hybridized carbons (Fsp3) is 0.368. The SMILES string of the molecule is [B]N1CCC[C@H]1CNc1ccc(C)cc1Oc1ccc(OC)cc1. The number of methoxy groups -OCH3 is 1. The molecule has 0 spiro atoms. The molecule has 24 heavy (non-hydrogen) atoms. The van der Waals surface area contributed by atoms with Gasteiger partial charge in [-0.3, -0.25) is 0 Å². The van der Waals surface area contributed by atoms with Crippen LogP contribution in [0.25, 0.3) is 0 Å². The normalized spacial score (nSPS) is 17.7. The van der Waals surface area contributed by atoms with E-state index in [1.807, 2.05) is 35.1 Å². The third-order valence-corrected chi connectivity index (χ3v) is 4.38. The van der Waals surface area contributed by atoms with Gasteiger partial charge in [0.25, 0.3) is 0 Å². The van der Waals surface area contributed by atoms with E-state index in [-0.39, 0.29) is 0 Å². The molecule has 2 aromatic rings. The molecule has 1 atom stereocenters. The molecule has 0 unspecified atom stereocenters. The summed E-state index contributed by atoms with van der Waals surface area (Å²) in [6, 6.07) is 14.2. The minimum absolute atomic E-state index is 0.375. The van der Waals surface area contributed by atoms with Gasteiger partial charge in [-0.1, -0.05) is 6.07 Å². The van der Waals surface area contributed by atoms with Crippen LogP contribution in [0.3, 0.4) is 0 Å². The lowest BCUT2D eigenvalue weighted by Crippen LogP contribution is -2.32. The van der Waals surface area contributed by atoms with E-state index < -0.39 is 0 Å². The summed E-state index contributed by atoms with van der Waals surface area (Å²) in [5.41, 5.74) is 2.14. The first kappa shape index (κ1) is 16.7. The Balaban J connectivity index is 1.72. The zero-order valence-corrected chi connectivity index (χ0v) is 14.3. The molecular formula is C19H23BN2O2. The van der Waals surface area contributed by atoms with Crippen LogP contribution in [-0.4, -0.2) is 39.0 Å². The molecule has 1 fully saturated rings. The minimum atomic E-state index is 0.375. The topological polar surface area (TPSA) is 33.7 Å². The van der Waals surface area contributed by atoms with Gasteiger partial charge in [-0.15, -0.1) is 0 Å². The second kappa shape index (κ2) is 7.62. The highest BCUT2D eigenvalue weighted by Gasteiger charge is 2.20. The van der Waals surface area contributed by atoms with Gasteiger partial charge in [-0.05, 0) is 68.3 Å². The average molecular weight is 322 g/mol. The van der Waals surface area contributed by atoms with E-state index in [1.54, 1.807) is 7.11 Å². The molecule has 3 rings (SSSR count). The summed E-state index contributed by atoms with van der Waals surface area (Å²) in [5.74, 6) is 2.42. The number of nitrogens with zero attached hydrogens (tertiary/aromatic N) is 1. The van der Waals surface area contributed by atoms with E-state index in [1.165, 1.54) is 0 Å². The summed E-state index contributed by atoms with van der Waals surface area (Å²) >= 11 is 0. The molecule has 1 heterocycles. The summed E-state index contributed by atoms with van der Waals surface area (Å²) in [5, 5.41) is 3.48. The lowest BCUT2D eigenvalue weighted by molar-refractivity contribution is 0.413. The number of benzene rings is 2. The number of hydrogen-bond donors (Lipinski definition) is 1. The van der Waals surface area contributed by atoms with Gasteiger partial charge >= 0.3 is 0 Å². The van der Waals surface area contributed by atoms with Crippen LogP contribution in [0.5, 0.6) is 17.2 Å². The Hall–Kier alpha value is -2.14. The van der Waals surface area contributed by atoms with Gasteiger partial charge in [-0.25, -0.2) is 0 Å². The molecule has 2 aromatic carbocycles. The Kier molecular flexibility index (Phi) is 5.31. The maximum Gasteiger partial charge on any atom is 0.182 e. The first-order valence-electron chi connectivity index (χ1n) is 8.33. The molecule has 0 saturated carbocycles. The molecule has 4 nitrogen and oxygen atoms in total. The van der Waals surface area contributed by atoms with Crippen LogP contribution in [0.1, 0.15) is 18.4 Å². The summed E-state index contributed by atoms with van der Waals surface area (Å²) < 4.78 is 11.3. The fourth-order valence-electron chi connectivity index (χ4n) is 2.94. The first-order valence-corrected chi connectivity index (χ1v) is 8.33. The van der Waals surface area contributed by atoms with Crippen molar-refractivity contribution in [2.75, 3.05) is 25.5 Å². The molecule has 1 saturated heterocycles. The number of nitrogens with one attached hydrogen (secondary N) is 1. The molecule has 1 N–H and O–H groups in total. The van der Waals surface area contributed by atoms with Crippen LogP contribution in [0, 0.1) is 6.92 Å². The number of anilines is 1. The molecule has 0 amide bonds. The van der Waals surface area contributed by atoms with Crippen molar-refractivity contribution in [2.24, 2.45) is 0 Å². The van der Waals surface area contributed by atoms with Gasteiger partial charge in [-0.2, -0.15) is 0 Å². The molecule has 0 aliphatic carbocycles. The molecule has 0 aromatic heterocycles. The van der Waals surface area contributed by atoms with E-state index in [0.29, 0.717) is 6.04 Å². The second-order valence-corrected chi connectivity index (χ2v) is 6.19. The lowest BCUT2D eigenvalue weighted by Gasteiger charge is -2.22. The van der Waals surface area contributed by atoms with Gasteiger partial charge in [0.05, 0.1) is 12.8 Å². The Morgan fingerprint density at radius 2 is 1.92 bits per heavy atom. The third-order valence-electron chi connectivity index (χ3n) is 4.38. The number of ether oxygens (including phenoxy) is 2. The summed E-state index contributed by atoms with van der Waals surface area (Å²) in [4.78, 5) is 1.92. The maximum absolute atomic E-state index is 6.07. The van der Waals surface area contributed by atoms with Crippen LogP contribution in [-0.2, 0) is 0 Å². The highest BCUT2D eigenvalue weighted by molar-refractivity contribution is 6.04. The van der Waals surface area contributed by atoms with Crippen molar-refractivity contribution in [3.05, 3.63) is 48.0 Å². The zero-order chi connectivity index (χ0) is 16.9. The standard InChI is InChI=1S/C19H23BN2O2/c1-14-5-10-18(21-13-15-4-3-11-22(15)20)19(12-14)24-17-8-6-16(23-2)7-9-17/h5-10,12,15,21H,3-4,11,13H2,1-2H3/t15-/m0/s1. The van der Waals surface area contributed by atoms with Crippen LogP contribution in [0.2, 0.25) is 0 Å². The first-order chi connectivity index (χ1) is 11.7. The molecular weight excluding hydrogens is 299 g/mol. The Morgan fingerprint density at radius 1 is 1.17 bits per heavy atom. The highest BCUT2D eigenvalue weighted by atomic mass is 16.5. The molecule has 1 aliphatic rings. The van der Waals surface area contributed by atoms with Crippen molar-refractivity contribution < 1.29 is 9.47 Å². The molecule has 124 valence electrons. The molecule has 2 radical (unpaired) electrons. The van der Waals surface area contributed by atoms with E-state index in [2.05, 4.69) is 24.4 Å². The molecule has 5 heteroatoms. The van der Waals surface area contributed by atoms with Gasteiger partial charge in [0.15, 0.2) is 13.7 Å².